The fourth-order valence-electron chi connectivity index (χ4n) is 1.06. The van der Waals surface area contributed by atoms with Crippen molar-refractivity contribution in [1.29, 1.82) is 0 Å². The third kappa shape index (κ3) is 3.53. The van der Waals surface area contributed by atoms with Gasteiger partial charge in [-0.05, 0) is 19.1 Å². The Morgan fingerprint density at radius 3 is 2.73 bits per heavy atom. The number of nitro groups is 1. The summed E-state index contributed by atoms with van der Waals surface area (Å²) in [7, 11) is 0. The lowest BCUT2D eigenvalue weighted by Crippen LogP contribution is -1.91. The monoisotopic (exact) mass is 245 g/mol. The van der Waals surface area contributed by atoms with Crippen molar-refractivity contribution in [2.75, 3.05) is 0 Å². The topological polar surface area (TPSA) is 43.1 Å². The van der Waals surface area contributed by atoms with Crippen LogP contribution in [0.3, 0.4) is 0 Å². The molecule has 0 aromatic heterocycles. The van der Waals surface area contributed by atoms with E-state index in [0.29, 0.717) is 10.6 Å². The predicted molar refractivity (Wildman–Crippen MR) is 62.5 cm³/mol. The number of hydrogen-bond donors (Lipinski definition) is 0. The fraction of sp³-hybridized carbons (Fsp3) is 0.200. The van der Waals surface area contributed by atoms with Crippen LogP contribution in [0.1, 0.15) is 12.5 Å². The molecule has 0 fully saturated rings. The van der Waals surface area contributed by atoms with Crippen molar-refractivity contribution in [2.24, 2.45) is 0 Å². The summed E-state index contributed by atoms with van der Waals surface area (Å²) in [4.78, 5) is 10.2. The summed E-state index contributed by atoms with van der Waals surface area (Å²) in [5.41, 5.74) is 0.480. The van der Waals surface area contributed by atoms with Gasteiger partial charge in [0.2, 0.25) is 0 Å². The van der Waals surface area contributed by atoms with Gasteiger partial charge in [0.25, 0.3) is 5.69 Å². The maximum atomic E-state index is 10.7. The van der Waals surface area contributed by atoms with Crippen molar-refractivity contribution in [3.8, 4) is 0 Å². The quantitative estimate of drug-likeness (QED) is 0.461. The Bertz CT molecular complexity index is 402. The van der Waals surface area contributed by atoms with E-state index in [0.717, 1.165) is 0 Å². The summed E-state index contributed by atoms with van der Waals surface area (Å²) in [6, 6.07) is 4.40. The molecule has 1 rings (SSSR count). The molecular weight excluding hydrogens is 237 g/mol. The first-order valence-corrected chi connectivity index (χ1v) is 5.08. The normalized spacial score (nSPS) is 13.0. The third-order valence-corrected chi connectivity index (χ3v) is 2.11. The van der Waals surface area contributed by atoms with Gasteiger partial charge in [0.1, 0.15) is 0 Å². The minimum atomic E-state index is -0.450. The number of allylic oxidation sites excluding steroid dienone is 1. The number of nitro benzene ring substituents is 1. The molecule has 0 saturated carbocycles. The first-order valence-electron chi connectivity index (χ1n) is 4.27. The second kappa shape index (κ2) is 5.14. The molecule has 0 aliphatic carbocycles. The van der Waals surface area contributed by atoms with Crippen molar-refractivity contribution in [3.05, 3.63) is 45.0 Å². The van der Waals surface area contributed by atoms with Crippen molar-refractivity contribution >= 4 is 35.0 Å². The summed E-state index contributed by atoms with van der Waals surface area (Å²) in [5, 5.41) is 11.0. The Labute approximate surface area is 97.5 Å². The van der Waals surface area contributed by atoms with E-state index in [9.17, 15) is 10.1 Å². The molecule has 1 aromatic rings. The van der Waals surface area contributed by atoms with Gasteiger partial charge >= 0.3 is 0 Å². The molecule has 80 valence electrons. The van der Waals surface area contributed by atoms with E-state index >= 15 is 0 Å². The van der Waals surface area contributed by atoms with Gasteiger partial charge in [0.15, 0.2) is 0 Å². The van der Waals surface area contributed by atoms with E-state index in [2.05, 4.69) is 0 Å². The summed E-state index contributed by atoms with van der Waals surface area (Å²) >= 11 is 11.5. The standard InChI is InChI=1S/C10H9Cl2NO2/c1-7(11)2-3-8-6-9(12)4-5-10(8)13(14)15/h2-7H,1H3/b3-2+. The molecule has 1 aromatic carbocycles. The van der Waals surface area contributed by atoms with Crippen LogP contribution in [0.4, 0.5) is 5.69 Å². The second-order valence-electron chi connectivity index (χ2n) is 3.00. The highest BCUT2D eigenvalue weighted by Crippen LogP contribution is 2.24. The van der Waals surface area contributed by atoms with Crippen LogP contribution in [0.2, 0.25) is 5.02 Å². The molecule has 1 atom stereocenters. The average molecular weight is 246 g/mol. The highest BCUT2D eigenvalue weighted by molar-refractivity contribution is 6.30. The maximum absolute atomic E-state index is 10.7. The van der Waals surface area contributed by atoms with Gasteiger partial charge in [0.05, 0.1) is 10.5 Å². The van der Waals surface area contributed by atoms with Gasteiger partial charge in [-0.3, -0.25) is 10.1 Å². The number of alkyl halides is 1. The fourth-order valence-corrected chi connectivity index (χ4v) is 1.31. The highest BCUT2D eigenvalue weighted by Gasteiger charge is 2.11. The number of hydrogen-bond acceptors (Lipinski definition) is 2. The molecule has 15 heavy (non-hydrogen) atoms. The lowest BCUT2D eigenvalue weighted by molar-refractivity contribution is -0.385. The second-order valence-corrected chi connectivity index (χ2v) is 4.12. The molecule has 0 radical (unpaired) electrons. The first kappa shape index (κ1) is 12.0. The SMILES string of the molecule is CC(Cl)/C=C/c1cc(Cl)ccc1[N+](=O)[O-]. The lowest BCUT2D eigenvalue weighted by Gasteiger charge is -1.98. The van der Waals surface area contributed by atoms with Gasteiger partial charge in [-0.2, -0.15) is 0 Å². The molecule has 0 heterocycles. The van der Waals surface area contributed by atoms with E-state index in [1.165, 1.54) is 18.2 Å². The zero-order valence-electron chi connectivity index (χ0n) is 7.98. The molecule has 0 aliphatic heterocycles. The Hall–Kier alpha value is -1.06. The third-order valence-electron chi connectivity index (χ3n) is 1.73. The predicted octanol–water partition coefficient (Wildman–Crippen LogP) is 3.89. The molecule has 5 heteroatoms. The summed E-state index contributed by atoms with van der Waals surface area (Å²) in [5.74, 6) is 0. The van der Waals surface area contributed by atoms with Crippen molar-refractivity contribution in [2.45, 2.75) is 12.3 Å². The van der Waals surface area contributed by atoms with Crippen LogP contribution in [-0.4, -0.2) is 10.3 Å². The molecule has 0 N–H and O–H groups in total. The molecule has 0 spiro atoms. The summed E-state index contributed by atoms with van der Waals surface area (Å²) < 4.78 is 0. The Morgan fingerprint density at radius 2 is 2.20 bits per heavy atom. The van der Waals surface area contributed by atoms with Crippen LogP contribution in [0, 0.1) is 10.1 Å². The van der Waals surface area contributed by atoms with Gasteiger partial charge in [0, 0.05) is 16.5 Å². The van der Waals surface area contributed by atoms with Gasteiger partial charge in [-0.15, -0.1) is 11.6 Å². The van der Waals surface area contributed by atoms with E-state index in [1.807, 2.05) is 0 Å². The van der Waals surface area contributed by atoms with Crippen LogP contribution in [-0.2, 0) is 0 Å². The summed E-state index contributed by atoms with van der Waals surface area (Å²) in [6.45, 7) is 1.77. The molecule has 1 unspecified atom stereocenters. The maximum Gasteiger partial charge on any atom is 0.276 e. The largest absolute Gasteiger partial charge is 0.276 e. The molecule has 0 aliphatic rings. The van der Waals surface area contributed by atoms with Crippen molar-refractivity contribution < 1.29 is 4.92 Å². The highest BCUT2D eigenvalue weighted by atomic mass is 35.5. The smallest absolute Gasteiger partial charge is 0.258 e. The minimum Gasteiger partial charge on any atom is -0.258 e. The number of rotatable bonds is 3. The summed E-state index contributed by atoms with van der Waals surface area (Å²) in [6.07, 6.45) is 3.27. The number of benzene rings is 1. The lowest BCUT2D eigenvalue weighted by atomic mass is 10.1. The minimum absolute atomic E-state index is 0.0213. The van der Waals surface area contributed by atoms with Gasteiger partial charge in [-0.1, -0.05) is 23.8 Å². The zero-order valence-corrected chi connectivity index (χ0v) is 9.50. The van der Waals surface area contributed by atoms with E-state index < -0.39 is 4.92 Å². The molecule has 0 saturated heterocycles. The molecular formula is C10H9Cl2NO2. The number of halogens is 2. The van der Waals surface area contributed by atoms with E-state index in [1.54, 1.807) is 19.1 Å². The van der Waals surface area contributed by atoms with E-state index in [4.69, 9.17) is 23.2 Å². The van der Waals surface area contributed by atoms with Crippen LogP contribution < -0.4 is 0 Å². The zero-order chi connectivity index (χ0) is 11.4. The molecule has 0 amide bonds. The molecule has 3 nitrogen and oxygen atoms in total. The Morgan fingerprint density at radius 1 is 1.53 bits per heavy atom. The Kier molecular flexibility index (Phi) is 4.12. The van der Waals surface area contributed by atoms with E-state index in [-0.39, 0.29) is 11.1 Å². The van der Waals surface area contributed by atoms with Crippen LogP contribution >= 0.6 is 23.2 Å². The first-order chi connectivity index (χ1) is 7.00. The number of nitrogens with zero attached hydrogens (tertiary/aromatic N) is 1. The Balaban J connectivity index is 3.13. The van der Waals surface area contributed by atoms with Crippen molar-refractivity contribution in [1.82, 2.24) is 0 Å². The molecule has 0 bridgehead atoms. The average Bonchev–Trinajstić information content (AvgIpc) is 2.14. The van der Waals surface area contributed by atoms with Gasteiger partial charge in [-0.25, -0.2) is 0 Å². The van der Waals surface area contributed by atoms with Crippen LogP contribution in [0.15, 0.2) is 24.3 Å². The van der Waals surface area contributed by atoms with Crippen LogP contribution in [0.25, 0.3) is 6.08 Å². The van der Waals surface area contributed by atoms with Crippen LogP contribution in [0.5, 0.6) is 0 Å². The van der Waals surface area contributed by atoms with Gasteiger partial charge < -0.3 is 0 Å². The van der Waals surface area contributed by atoms with Crippen molar-refractivity contribution in [3.63, 3.8) is 0 Å².